The van der Waals surface area contributed by atoms with Crippen molar-refractivity contribution >= 4 is 46.2 Å². The second-order valence-corrected chi connectivity index (χ2v) is 8.79. The van der Waals surface area contributed by atoms with Crippen LogP contribution in [-0.4, -0.2) is 18.2 Å². The van der Waals surface area contributed by atoms with Crippen LogP contribution in [0, 0.1) is 0 Å². The molecule has 1 aromatic heterocycles. The van der Waals surface area contributed by atoms with Crippen LogP contribution in [-0.2, 0) is 4.79 Å². The lowest BCUT2D eigenvalue weighted by Gasteiger charge is -2.24. The van der Waals surface area contributed by atoms with Gasteiger partial charge in [-0.3, -0.25) is 4.79 Å². The fourth-order valence-corrected chi connectivity index (χ4v) is 4.44. The van der Waals surface area contributed by atoms with Crippen LogP contribution in [0.1, 0.15) is 55.4 Å². The van der Waals surface area contributed by atoms with Crippen LogP contribution in [0.15, 0.2) is 35.4 Å². The highest BCUT2D eigenvalue weighted by Crippen LogP contribution is 2.38. The molecule has 1 fully saturated rings. The predicted octanol–water partition coefficient (Wildman–Crippen LogP) is 6.02. The number of benzene rings is 1. The number of nitrogens with zero attached hydrogens (tertiary/aromatic N) is 1. The van der Waals surface area contributed by atoms with Gasteiger partial charge in [-0.25, -0.2) is 5.43 Å². The van der Waals surface area contributed by atoms with Crippen LogP contribution < -0.4 is 10.2 Å². The number of halogens is 2. The first-order chi connectivity index (χ1) is 13.0. The number of thiophene rings is 1. The van der Waals surface area contributed by atoms with E-state index in [4.69, 9.17) is 27.9 Å². The summed E-state index contributed by atoms with van der Waals surface area (Å²) in [6.07, 6.45) is 5.99. The second-order valence-electron chi connectivity index (χ2n) is 6.64. The van der Waals surface area contributed by atoms with E-state index in [1.165, 1.54) is 30.6 Å². The molecule has 0 atom stereocenters. The lowest BCUT2D eigenvalue weighted by Crippen LogP contribution is -2.26. The third kappa shape index (κ3) is 5.71. The average molecular weight is 425 g/mol. The molecule has 2 aromatic rings. The van der Waals surface area contributed by atoms with Crippen molar-refractivity contribution in [1.82, 2.24) is 5.43 Å². The van der Waals surface area contributed by atoms with E-state index in [1.54, 1.807) is 12.1 Å². The average Bonchev–Trinajstić information content (AvgIpc) is 3.12. The standard InChI is InChI=1S/C20H22Cl2N2O2S/c1-13(18-9-10-19(22)27-18)23-24-20(25)12-26-17-8-7-15(21)11-16(17)14-5-3-2-4-6-14/h7-11,14H,2-6,12H2,1H3,(H,24,25)/b23-13-. The van der Waals surface area contributed by atoms with Gasteiger partial charge in [0.25, 0.3) is 5.91 Å². The molecule has 3 rings (SSSR count). The molecule has 1 N–H and O–H groups in total. The van der Waals surface area contributed by atoms with Crippen molar-refractivity contribution in [3.8, 4) is 5.75 Å². The molecule has 0 saturated heterocycles. The Labute approximate surface area is 173 Å². The first-order valence-corrected chi connectivity index (χ1v) is 10.6. The molecule has 1 aromatic carbocycles. The van der Waals surface area contributed by atoms with E-state index >= 15 is 0 Å². The van der Waals surface area contributed by atoms with Gasteiger partial charge in [0.1, 0.15) is 5.75 Å². The number of carbonyl (C=O) groups is 1. The smallest absolute Gasteiger partial charge is 0.277 e. The van der Waals surface area contributed by atoms with Crippen molar-refractivity contribution < 1.29 is 9.53 Å². The van der Waals surface area contributed by atoms with Crippen molar-refractivity contribution in [1.29, 1.82) is 0 Å². The number of carbonyl (C=O) groups excluding carboxylic acids is 1. The second kappa shape index (κ2) is 9.58. The monoisotopic (exact) mass is 424 g/mol. The molecule has 1 amide bonds. The minimum Gasteiger partial charge on any atom is -0.483 e. The Morgan fingerprint density at radius 3 is 2.70 bits per heavy atom. The molecule has 4 nitrogen and oxygen atoms in total. The van der Waals surface area contributed by atoms with Gasteiger partial charge in [-0.1, -0.05) is 42.5 Å². The van der Waals surface area contributed by atoms with Crippen LogP contribution in [0.5, 0.6) is 5.75 Å². The summed E-state index contributed by atoms with van der Waals surface area (Å²) in [4.78, 5) is 13.0. The zero-order valence-corrected chi connectivity index (χ0v) is 17.5. The van der Waals surface area contributed by atoms with E-state index < -0.39 is 0 Å². The third-order valence-corrected chi connectivity index (χ3v) is 6.23. The van der Waals surface area contributed by atoms with E-state index in [2.05, 4.69) is 10.5 Å². The number of nitrogens with one attached hydrogen (secondary N) is 1. The van der Waals surface area contributed by atoms with Gasteiger partial charge in [-0.05, 0) is 61.6 Å². The molecule has 1 aliphatic carbocycles. The quantitative estimate of drug-likeness (QED) is 0.454. The van der Waals surface area contributed by atoms with Gasteiger partial charge in [0.2, 0.25) is 0 Å². The summed E-state index contributed by atoms with van der Waals surface area (Å²) in [7, 11) is 0. The molecule has 0 unspecified atom stereocenters. The van der Waals surface area contributed by atoms with Gasteiger partial charge in [-0.15, -0.1) is 11.3 Å². The summed E-state index contributed by atoms with van der Waals surface area (Å²) in [5, 5.41) is 4.81. The maximum absolute atomic E-state index is 12.1. The molecular formula is C20H22Cl2N2O2S. The highest BCUT2D eigenvalue weighted by molar-refractivity contribution is 7.18. The number of hydrogen-bond donors (Lipinski definition) is 1. The van der Waals surface area contributed by atoms with Crippen molar-refractivity contribution in [2.24, 2.45) is 5.10 Å². The third-order valence-electron chi connectivity index (χ3n) is 4.65. The number of ether oxygens (including phenoxy) is 1. The minimum absolute atomic E-state index is 0.0939. The maximum atomic E-state index is 12.1. The van der Waals surface area contributed by atoms with Crippen molar-refractivity contribution in [2.45, 2.75) is 44.9 Å². The molecule has 0 spiro atoms. The van der Waals surface area contributed by atoms with Gasteiger partial charge >= 0.3 is 0 Å². The zero-order valence-electron chi connectivity index (χ0n) is 15.1. The largest absolute Gasteiger partial charge is 0.483 e. The van der Waals surface area contributed by atoms with Crippen molar-refractivity contribution in [3.63, 3.8) is 0 Å². The molecule has 0 radical (unpaired) electrons. The van der Waals surface area contributed by atoms with Gasteiger partial charge in [0.15, 0.2) is 6.61 Å². The molecule has 144 valence electrons. The van der Waals surface area contributed by atoms with E-state index in [9.17, 15) is 4.79 Å². The molecule has 1 heterocycles. The minimum atomic E-state index is -0.304. The van der Waals surface area contributed by atoms with Crippen LogP contribution in [0.3, 0.4) is 0 Å². The lowest BCUT2D eigenvalue weighted by atomic mass is 9.84. The van der Waals surface area contributed by atoms with Crippen LogP contribution >= 0.6 is 34.5 Å². The summed E-state index contributed by atoms with van der Waals surface area (Å²) < 4.78 is 6.48. The van der Waals surface area contributed by atoms with Gasteiger partial charge in [-0.2, -0.15) is 5.10 Å². The Balaban J connectivity index is 1.60. The van der Waals surface area contributed by atoms with Gasteiger partial charge < -0.3 is 4.74 Å². The number of hydrazone groups is 1. The number of rotatable bonds is 6. The van der Waals surface area contributed by atoms with Crippen molar-refractivity contribution in [3.05, 3.63) is 50.1 Å². The molecule has 0 aliphatic heterocycles. The molecular weight excluding hydrogens is 403 g/mol. The summed E-state index contributed by atoms with van der Waals surface area (Å²) in [6.45, 7) is 1.73. The summed E-state index contributed by atoms with van der Waals surface area (Å²) in [5.41, 5.74) is 4.34. The van der Waals surface area contributed by atoms with E-state index in [1.807, 2.05) is 25.1 Å². The molecule has 1 aliphatic rings. The van der Waals surface area contributed by atoms with Gasteiger partial charge in [0.05, 0.1) is 14.9 Å². The highest BCUT2D eigenvalue weighted by atomic mass is 35.5. The zero-order chi connectivity index (χ0) is 19.2. The molecule has 27 heavy (non-hydrogen) atoms. The maximum Gasteiger partial charge on any atom is 0.277 e. The lowest BCUT2D eigenvalue weighted by molar-refractivity contribution is -0.123. The Bertz CT molecular complexity index is 829. The Morgan fingerprint density at radius 2 is 2.00 bits per heavy atom. The SMILES string of the molecule is C/C(=N/NC(=O)COc1ccc(Cl)cc1C1CCCCC1)c1ccc(Cl)s1. The number of hydrogen-bond acceptors (Lipinski definition) is 4. The number of amides is 1. The summed E-state index contributed by atoms with van der Waals surface area (Å²) >= 11 is 13.5. The first-order valence-electron chi connectivity index (χ1n) is 9.04. The van der Waals surface area contributed by atoms with E-state index in [0.717, 1.165) is 29.0 Å². The Hall–Kier alpha value is -1.56. The van der Waals surface area contributed by atoms with Crippen LogP contribution in [0.25, 0.3) is 0 Å². The Kier molecular flexibility index (Phi) is 7.16. The topological polar surface area (TPSA) is 50.7 Å². The fraction of sp³-hybridized carbons (Fsp3) is 0.400. The highest BCUT2D eigenvalue weighted by Gasteiger charge is 2.20. The summed E-state index contributed by atoms with van der Waals surface area (Å²) in [5.74, 6) is 0.869. The Morgan fingerprint density at radius 1 is 1.22 bits per heavy atom. The van der Waals surface area contributed by atoms with E-state index in [-0.39, 0.29) is 12.5 Å². The molecule has 7 heteroatoms. The molecule has 1 saturated carbocycles. The molecule has 0 bridgehead atoms. The summed E-state index contributed by atoms with van der Waals surface area (Å²) in [6, 6.07) is 9.29. The van der Waals surface area contributed by atoms with Crippen LogP contribution in [0.2, 0.25) is 9.36 Å². The van der Waals surface area contributed by atoms with Crippen molar-refractivity contribution in [2.75, 3.05) is 6.61 Å². The fourth-order valence-electron chi connectivity index (χ4n) is 3.27. The van der Waals surface area contributed by atoms with Gasteiger partial charge in [0, 0.05) is 5.02 Å². The van der Waals surface area contributed by atoms with E-state index in [0.29, 0.717) is 21.0 Å². The first kappa shape index (κ1) is 20.2. The predicted molar refractivity (Wildman–Crippen MR) is 112 cm³/mol. The van der Waals surface area contributed by atoms with Crippen LogP contribution in [0.4, 0.5) is 0 Å². The normalized spacial score (nSPS) is 15.6.